The van der Waals surface area contributed by atoms with Crippen molar-refractivity contribution in [2.75, 3.05) is 12.4 Å². The smallest absolute Gasteiger partial charge is 0.133 e. The fourth-order valence-corrected chi connectivity index (χ4v) is 2.44. The van der Waals surface area contributed by atoms with Crippen LogP contribution in [0.3, 0.4) is 0 Å². The van der Waals surface area contributed by atoms with Crippen LogP contribution in [0.1, 0.15) is 25.6 Å². The van der Waals surface area contributed by atoms with Crippen molar-refractivity contribution in [1.29, 1.82) is 0 Å². The maximum Gasteiger partial charge on any atom is 0.133 e. The monoisotopic (exact) mass is 323 g/mol. The van der Waals surface area contributed by atoms with E-state index in [2.05, 4.69) is 44.6 Å². The van der Waals surface area contributed by atoms with Crippen molar-refractivity contribution in [3.63, 3.8) is 0 Å². The van der Waals surface area contributed by atoms with E-state index >= 15 is 0 Å². The number of hydrogen-bond donors (Lipinski definition) is 1. The molecule has 102 valence electrons. The van der Waals surface area contributed by atoms with Gasteiger partial charge < -0.3 is 14.6 Å². The fraction of sp³-hybridized carbons (Fsp3) is 0.357. The van der Waals surface area contributed by atoms with Gasteiger partial charge in [-0.2, -0.15) is 0 Å². The number of halogens is 1. The third-order valence-corrected chi connectivity index (χ3v) is 3.55. The van der Waals surface area contributed by atoms with E-state index in [1.807, 2.05) is 30.7 Å². The van der Waals surface area contributed by atoms with Crippen LogP contribution < -0.4 is 10.1 Å². The lowest BCUT2D eigenvalue weighted by Gasteiger charge is -2.13. The summed E-state index contributed by atoms with van der Waals surface area (Å²) >= 11 is 3.48. The van der Waals surface area contributed by atoms with Crippen molar-refractivity contribution in [2.45, 2.75) is 26.4 Å². The molecule has 0 saturated heterocycles. The molecule has 1 heterocycles. The highest BCUT2D eigenvalue weighted by Gasteiger charge is 2.06. The Morgan fingerprint density at radius 1 is 1.42 bits per heavy atom. The van der Waals surface area contributed by atoms with Crippen molar-refractivity contribution in [3.8, 4) is 5.75 Å². The highest BCUT2D eigenvalue weighted by atomic mass is 79.9. The minimum Gasteiger partial charge on any atom is -0.496 e. The number of benzene rings is 1. The van der Waals surface area contributed by atoms with E-state index in [1.54, 1.807) is 7.11 Å². The van der Waals surface area contributed by atoms with Crippen LogP contribution in [0.2, 0.25) is 0 Å². The van der Waals surface area contributed by atoms with Gasteiger partial charge in [-0.15, -0.1) is 0 Å². The van der Waals surface area contributed by atoms with Gasteiger partial charge in [0, 0.05) is 17.9 Å². The molecule has 0 saturated carbocycles. The standard InChI is InChI=1S/C14H18BrN3O/c1-10(2)18-9-16-7-12(18)8-17-11-4-5-14(19-3)13(15)6-11/h4-7,9-10,17H,8H2,1-3H3. The Balaban J connectivity index is 2.06. The maximum absolute atomic E-state index is 5.21. The van der Waals surface area contributed by atoms with Gasteiger partial charge in [-0.25, -0.2) is 4.98 Å². The summed E-state index contributed by atoms with van der Waals surface area (Å²) in [5.41, 5.74) is 2.21. The van der Waals surface area contributed by atoms with E-state index in [4.69, 9.17) is 4.74 Å². The van der Waals surface area contributed by atoms with Crippen molar-refractivity contribution in [3.05, 3.63) is 40.9 Å². The molecule has 1 N–H and O–H groups in total. The topological polar surface area (TPSA) is 39.1 Å². The minimum absolute atomic E-state index is 0.418. The molecule has 0 spiro atoms. The van der Waals surface area contributed by atoms with E-state index in [-0.39, 0.29) is 0 Å². The molecule has 19 heavy (non-hydrogen) atoms. The number of methoxy groups -OCH3 is 1. The number of rotatable bonds is 5. The van der Waals surface area contributed by atoms with Crippen LogP contribution in [-0.2, 0) is 6.54 Å². The van der Waals surface area contributed by atoms with Crippen LogP contribution in [0.25, 0.3) is 0 Å². The molecule has 0 amide bonds. The molecule has 4 nitrogen and oxygen atoms in total. The average Bonchev–Trinajstić information content (AvgIpc) is 2.85. The third-order valence-electron chi connectivity index (χ3n) is 2.93. The van der Waals surface area contributed by atoms with Crippen molar-refractivity contribution < 1.29 is 4.74 Å². The zero-order valence-electron chi connectivity index (χ0n) is 11.4. The quantitative estimate of drug-likeness (QED) is 0.908. The summed E-state index contributed by atoms with van der Waals surface area (Å²) in [4.78, 5) is 4.19. The van der Waals surface area contributed by atoms with Gasteiger partial charge in [-0.1, -0.05) is 0 Å². The van der Waals surface area contributed by atoms with Crippen LogP contribution in [0, 0.1) is 0 Å². The van der Waals surface area contributed by atoms with E-state index < -0.39 is 0 Å². The first-order chi connectivity index (χ1) is 9.11. The highest BCUT2D eigenvalue weighted by Crippen LogP contribution is 2.27. The lowest BCUT2D eigenvalue weighted by Crippen LogP contribution is -2.08. The first-order valence-corrected chi connectivity index (χ1v) is 6.99. The summed E-state index contributed by atoms with van der Waals surface area (Å²) < 4.78 is 8.31. The summed E-state index contributed by atoms with van der Waals surface area (Å²) in [7, 11) is 1.66. The summed E-state index contributed by atoms with van der Waals surface area (Å²) in [6, 6.07) is 6.36. The van der Waals surface area contributed by atoms with E-state index in [9.17, 15) is 0 Å². The molecule has 0 atom stereocenters. The molecule has 0 aliphatic carbocycles. The summed E-state index contributed by atoms with van der Waals surface area (Å²) in [5, 5.41) is 3.39. The number of ether oxygens (including phenoxy) is 1. The molecule has 0 aliphatic rings. The molecule has 2 rings (SSSR count). The van der Waals surface area contributed by atoms with Gasteiger partial charge in [0.25, 0.3) is 0 Å². The molecule has 0 bridgehead atoms. The Hall–Kier alpha value is -1.49. The second-order valence-corrected chi connectivity index (χ2v) is 5.44. The zero-order valence-corrected chi connectivity index (χ0v) is 12.9. The molecule has 5 heteroatoms. The number of anilines is 1. The van der Waals surface area contributed by atoms with E-state index in [0.29, 0.717) is 6.04 Å². The molecule has 0 aliphatic heterocycles. The Labute approximate surface area is 121 Å². The molecule has 1 aromatic carbocycles. The molecule has 1 aromatic heterocycles. The van der Waals surface area contributed by atoms with Gasteiger partial charge in [0.15, 0.2) is 0 Å². The Bertz CT molecular complexity index is 551. The summed E-state index contributed by atoms with van der Waals surface area (Å²) in [6.45, 7) is 5.04. The van der Waals surface area contributed by atoms with Gasteiger partial charge in [0.05, 0.1) is 30.1 Å². The second-order valence-electron chi connectivity index (χ2n) is 4.59. The van der Waals surface area contributed by atoms with Crippen LogP contribution in [-0.4, -0.2) is 16.7 Å². The molecule has 2 aromatic rings. The summed E-state index contributed by atoms with van der Waals surface area (Å²) in [6.07, 6.45) is 3.76. The predicted octanol–water partition coefficient (Wildman–Crippen LogP) is 3.85. The molecule has 0 fully saturated rings. The highest BCUT2D eigenvalue weighted by molar-refractivity contribution is 9.10. The second kappa shape index (κ2) is 6.10. The molecule has 0 unspecified atom stereocenters. The number of hydrogen-bond acceptors (Lipinski definition) is 3. The normalized spacial score (nSPS) is 10.8. The SMILES string of the molecule is COc1ccc(NCc2cncn2C(C)C)cc1Br. The van der Waals surface area contributed by atoms with Crippen molar-refractivity contribution in [1.82, 2.24) is 9.55 Å². The maximum atomic E-state index is 5.21. The number of nitrogens with one attached hydrogen (secondary N) is 1. The first kappa shape index (κ1) is 13.9. The van der Waals surface area contributed by atoms with Crippen LogP contribution in [0.15, 0.2) is 35.2 Å². The van der Waals surface area contributed by atoms with Crippen molar-refractivity contribution in [2.24, 2.45) is 0 Å². The van der Waals surface area contributed by atoms with E-state index in [0.717, 1.165) is 22.5 Å². The van der Waals surface area contributed by atoms with Gasteiger partial charge >= 0.3 is 0 Å². The average molecular weight is 324 g/mol. The van der Waals surface area contributed by atoms with Gasteiger partial charge in [-0.05, 0) is 48.0 Å². The van der Waals surface area contributed by atoms with Crippen LogP contribution >= 0.6 is 15.9 Å². The van der Waals surface area contributed by atoms with Crippen LogP contribution in [0.5, 0.6) is 5.75 Å². The van der Waals surface area contributed by atoms with E-state index in [1.165, 1.54) is 5.69 Å². The van der Waals surface area contributed by atoms with Crippen LogP contribution in [0.4, 0.5) is 5.69 Å². The zero-order chi connectivity index (χ0) is 13.8. The first-order valence-electron chi connectivity index (χ1n) is 6.20. The Morgan fingerprint density at radius 2 is 2.21 bits per heavy atom. The van der Waals surface area contributed by atoms with Gasteiger partial charge in [0.2, 0.25) is 0 Å². The Kier molecular flexibility index (Phi) is 4.47. The molecular weight excluding hydrogens is 306 g/mol. The summed E-state index contributed by atoms with van der Waals surface area (Å²) in [5.74, 6) is 0.831. The number of imidazole rings is 1. The lowest BCUT2D eigenvalue weighted by molar-refractivity contribution is 0.412. The van der Waals surface area contributed by atoms with Gasteiger partial charge in [-0.3, -0.25) is 0 Å². The molecule has 0 radical (unpaired) electrons. The number of aromatic nitrogens is 2. The largest absolute Gasteiger partial charge is 0.496 e. The molecular formula is C14H18BrN3O. The minimum atomic E-state index is 0.418. The Morgan fingerprint density at radius 3 is 2.84 bits per heavy atom. The number of nitrogens with zero attached hydrogens (tertiary/aromatic N) is 2. The third kappa shape index (κ3) is 3.29. The predicted molar refractivity (Wildman–Crippen MR) is 80.6 cm³/mol. The van der Waals surface area contributed by atoms with Crippen molar-refractivity contribution >= 4 is 21.6 Å². The fourth-order valence-electron chi connectivity index (χ4n) is 1.90. The van der Waals surface area contributed by atoms with Gasteiger partial charge in [0.1, 0.15) is 5.75 Å². The lowest BCUT2D eigenvalue weighted by atomic mass is 10.3.